The standard InChI is InChI=1S/C31H43N5O4/c1-19-13-15-23(16-14-19)26(22-11-9-8-10-12-22)34-29(39)25-17-24(33-21(3)37)18-36(25)30(40)27(31(4,5)6)35-28(38)20(2)32-7/h8-16,20,24-27,32H,17-18H2,1-7H3,(H,33,37)(H,34,39)(H,35,38)/t20-,24-,25-,26+,27+/m0/s1. The lowest BCUT2D eigenvalue weighted by Crippen LogP contribution is -2.59. The Balaban J connectivity index is 1.94. The van der Waals surface area contributed by atoms with Crippen LogP contribution >= 0.6 is 0 Å². The van der Waals surface area contributed by atoms with Crippen molar-refractivity contribution < 1.29 is 19.2 Å². The molecule has 3 rings (SSSR count). The van der Waals surface area contributed by atoms with Crippen LogP contribution in [0.5, 0.6) is 0 Å². The van der Waals surface area contributed by atoms with Crippen LogP contribution in [0.3, 0.4) is 0 Å². The van der Waals surface area contributed by atoms with Crippen molar-refractivity contribution in [3.8, 4) is 0 Å². The first kappa shape index (κ1) is 30.8. The third-order valence-corrected chi connectivity index (χ3v) is 7.35. The molecule has 0 radical (unpaired) electrons. The van der Waals surface area contributed by atoms with Gasteiger partial charge in [0.1, 0.15) is 12.1 Å². The van der Waals surface area contributed by atoms with Crippen LogP contribution in [0.4, 0.5) is 0 Å². The molecule has 0 spiro atoms. The van der Waals surface area contributed by atoms with Crippen LogP contribution in [0, 0.1) is 12.3 Å². The van der Waals surface area contributed by atoms with Crippen molar-refractivity contribution in [3.05, 3.63) is 71.3 Å². The van der Waals surface area contributed by atoms with Crippen LogP contribution in [0.1, 0.15) is 63.8 Å². The van der Waals surface area contributed by atoms with Gasteiger partial charge in [0, 0.05) is 19.5 Å². The number of hydrogen-bond donors (Lipinski definition) is 4. The Morgan fingerprint density at radius 3 is 2.08 bits per heavy atom. The third-order valence-electron chi connectivity index (χ3n) is 7.35. The van der Waals surface area contributed by atoms with Crippen LogP contribution in [0.2, 0.25) is 0 Å². The van der Waals surface area contributed by atoms with Crippen LogP contribution in [0.25, 0.3) is 0 Å². The van der Waals surface area contributed by atoms with E-state index in [-0.39, 0.29) is 42.6 Å². The highest BCUT2D eigenvalue weighted by Crippen LogP contribution is 2.28. The number of likely N-dealkylation sites (tertiary alicyclic amines) is 1. The zero-order chi connectivity index (χ0) is 29.6. The molecule has 0 bridgehead atoms. The molecule has 1 fully saturated rings. The van der Waals surface area contributed by atoms with Gasteiger partial charge in [-0.1, -0.05) is 80.9 Å². The molecule has 2 aromatic carbocycles. The van der Waals surface area contributed by atoms with Crippen LogP contribution < -0.4 is 21.3 Å². The van der Waals surface area contributed by atoms with Gasteiger partial charge in [0.25, 0.3) is 0 Å². The number of carbonyl (C=O) groups is 4. The maximum absolute atomic E-state index is 14.0. The zero-order valence-corrected chi connectivity index (χ0v) is 24.6. The van der Waals surface area contributed by atoms with E-state index in [1.807, 2.05) is 82.3 Å². The van der Waals surface area contributed by atoms with E-state index in [4.69, 9.17) is 0 Å². The summed E-state index contributed by atoms with van der Waals surface area (Å²) in [6.45, 7) is 10.9. The Kier molecular flexibility index (Phi) is 10.1. The van der Waals surface area contributed by atoms with Gasteiger partial charge in [-0.15, -0.1) is 0 Å². The number of benzene rings is 2. The van der Waals surface area contributed by atoms with Gasteiger partial charge >= 0.3 is 0 Å². The maximum Gasteiger partial charge on any atom is 0.246 e. The van der Waals surface area contributed by atoms with Crippen LogP contribution in [-0.2, 0) is 19.2 Å². The van der Waals surface area contributed by atoms with Crippen molar-refractivity contribution in [1.29, 1.82) is 0 Å². The van der Waals surface area contributed by atoms with Gasteiger partial charge in [0.15, 0.2) is 0 Å². The molecule has 0 aliphatic carbocycles. The molecule has 9 nitrogen and oxygen atoms in total. The van der Waals surface area contributed by atoms with E-state index in [2.05, 4.69) is 21.3 Å². The highest BCUT2D eigenvalue weighted by atomic mass is 16.2. The van der Waals surface area contributed by atoms with Crippen molar-refractivity contribution in [2.45, 2.75) is 78.2 Å². The van der Waals surface area contributed by atoms with Gasteiger partial charge in [-0.2, -0.15) is 0 Å². The summed E-state index contributed by atoms with van der Waals surface area (Å²) in [6.07, 6.45) is 0.268. The van der Waals surface area contributed by atoms with Gasteiger partial charge in [0.05, 0.1) is 12.1 Å². The van der Waals surface area contributed by atoms with E-state index in [0.29, 0.717) is 0 Å². The highest BCUT2D eigenvalue weighted by Gasteiger charge is 2.45. The number of carbonyl (C=O) groups excluding carboxylic acids is 4. The molecular weight excluding hydrogens is 506 g/mol. The predicted molar refractivity (Wildman–Crippen MR) is 155 cm³/mol. The molecule has 9 heteroatoms. The van der Waals surface area contributed by atoms with E-state index in [0.717, 1.165) is 16.7 Å². The fraction of sp³-hybridized carbons (Fsp3) is 0.484. The van der Waals surface area contributed by atoms with Gasteiger partial charge in [0.2, 0.25) is 23.6 Å². The van der Waals surface area contributed by atoms with E-state index in [1.54, 1.807) is 14.0 Å². The molecule has 5 atom stereocenters. The van der Waals surface area contributed by atoms with Crippen LogP contribution in [0.15, 0.2) is 54.6 Å². The molecule has 4 amide bonds. The van der Waals surface area contributed by atoms with Gasteiger partial charge in [-0.05, 0) is 43.9 Å². The largest absolute Gasteiger partial charge is 0.352 e. The summed E-state index contributed by atoms with van der Waals surface area (Å²) in [5.41, 5.74) is 2.31. The smallest absolute Gasteiger partial charge is 0.246 e. The lowest BCUT2D eigenvalue weighted by Gasteiger charge is -2.36. The Labute approximate surface area is 237 Å². The second-order valence-electron chi connectivity index (χ2n) is 11.7. The molecule has 1 saturated heterocycles. The van der Waals surface area contributed by atoms with E-state index < -0.39 is 29.6 Å². The molecule has 0 saturated carbocycles. The monoisotopic (exact) mass is 549 g/mol. The first-order valence-electron chi connectivity index (χ1n) is 13.8. The fourth-order valence-corrected chi connectivity index (χ4v) is 4.93. The van der Waals surface area contributed by atoms with Gasteiger partial charge in [-0.25, -0.2) is 0 Å². The molecule has 0 aromatic heterocycles. The normalized spacial score (nSPS) is 19.3. The van der Waals surface area contributed by atoms with E-state index in [9.17, 15) is 19.2 Å². The molecule has 1 heterocycles. The number of amides is 4. The minimum Gasteiger partial charge on any atom is -0.352 e. The number of nitrogens with one attached hydrogen (secondary N) is 4. The van der Waals surface area contributed by atoms with Crippen molar-refractivity contribution >= 4 is 23.6 Å². The maximum atomic E-state index is 14.0. The molecular formula is C31H43N5O4. The molecule has 4 N–H and O–H groups in total. The lowest BCUT2D eigenvalue weighted by atomic mass is 9.85. The predicted octanol–water partition coefficient (Wildman–Crippen LogP) is 2.45. The average Bonchev–Trinajstić information content (AvgIpc) is 3.33. The minimum absolute atomic E-state index is 0.168. The van der Waals surface area contributed by atoms with Crippen molar-refractivity contribution in [1.82, 2.24) is 26.2 Å². The molecule has 40 heavy (non-hydrogen) atoms. The SMILES string of the molecule is CN[C@@H](C)C(=O)N[C@H](C(=O)N1C[C@@H](NC(C)=O)C[C@H]1C(=O)N[C@H](c1ccccc1)c1ccc(C)cc1)C(C)(C)C. The number of rotatable bonds is 9. The summed E-state index contributed by atoms with van der Waals surface area (Å²) in [6, 6.07) is 14.6. The Hall–Kier alpha value is -3.72. The molecule has 1 aliphatic heterocycles. The zero-order valence-electron chi connectivity index (χ0n) is 24.6. The Morgan fingerprint density at radius 2 is 1.52 bits per heavy atom. The summed E-state index contributed by atoms with van der Waals surface area (Å²) in [7, 11) is 1.67. The van der Waals surface area contributed by atoms with Gasteiger partial charge in [-0.3, -0.25) is 19.2 Å². The molecule has 2 aromatic rings. The second-order valence-corrected chi connectivity index (χ2v) is 11.7. The first-order chi connectivity index (χ1) is 18.8. The number of nitrogens with zero attached hydrogens (tertiary/aromatic N) is 1. The summed E-state index contributed by atoms with van der Waals surface area (Å²) in [5, 5.41) is 11.8. The second kappa shape index (κ2) is 13.1. The summed E-state index contributed by atoms with van der Waals surface area (Å²) < 4.78 is 0. The van der Waals surface area contributed by atoms with Crippen molar-refractivity contribution in [3.63, 3.8) is 0 Å². The molecule has 216 valence electrons. The van der Waals surface area contributed by atoms with Crippen molar-refractivity contribution in [2.75, 3.05) is 13.6 Å². The average molecular weight is 550 g/mol. The Morgan fingerprint density at radius 1 is 0.925 bits per heavy atom. The number of aryl methyl sites for hydroxylation is 1. The summed E-state index contributed by atoms with van der Waals surface area (Å²) >= 11 is 0. The number of likely N-dealkylation sites (N-methyl/N-ethyl adjacent to an activating group) is 1. The highest BCUT2D eigenvalue weighted by molar-refractivity contribution is 5.94. The summed E-state index contributed by atoms with van der Waals surface area (Å²) in [5.74, 6) is -1.22. The van der Waals surface area contributed by atoms with E-state index in [1.165, 1.54) is 11.8 Å². The lowest BCUT2D eigenvalue weighted by molar-refractivity contribution is -0.144. The van der Waals surface area contributed by atoms with Crippen LogP contribution in [-0.4, -0.2) is 66.3 Å². The third kappa shape index (κ3) is 7.69. The molecule has 1 aliphatic rings. The summed E-state index contributed by atoms with van der Waals surface area (Å²) in [4.78, 5) is 54.2. The Bertz CT molecular complexity index is 1190. The molecule has 0 unspecified atom stereocenters. The first-order valence-corrected chi connectivity index (χ1v) is 13.8. The topological polar surface area (TPSA) is 120 Å². The minimum atomic E-state index is -0.871. The van der Waals surface area contributed by atoms with E-state index >= 15 is 0 Å². The fourth-order valence-electron chi connectivity index (χ4n) is 4.93. The number of hydrogen-bond acceptors (Lipinski definition) is 5. The quantitative estimate of drug-likeness (QED) is 0.383. The van der Waals surface area contributed by atoms with Gasteiger partial charge < -0.3 is 26.2 Å². The van der Waals surface area contributed by atoms with Crippen molar-refractivity contribution in [2.24, 2.45) is 5.41 Å².